The molecule has 0 aliphatic heterocycles. The Balaban J connectivity index is 1.73. The van der Waals surface area contributed by atoms with E-state index in [1.807, 2.05) is 30.0 Å². The molecule has 2 heteroatoms. The Morgan fingerprint density at radius 2 is 1.48 bits per heavy atom. The first-order valence-electron chi connectivity index (χ1n) is 8.40. The van der Waals surface area contributed by atoms with Crippen molar-refractivity contribution < 1.29 is 4.74 Å². The van der Waals surface area contributed by atoms with Crippen LogP contribution in [0.4, 0.5) is 0 Å². The summed E-state index contributed by atoms with van der Waals surface area (Å²) in [6, 6.07) is 29.4. The first-order valence-corrected chi connectivity index (χ1v) is 9.39. The Hall–Kier alpha value is -2.45. The van der Waals surface area contributed by atoms with E-state index in [4.69, 9.17) is 4.74 Å². The van der Waals surface area contributed by atoms with E-state index in [1.54, 1.807) is 7.11 Å². The maximum atomic E-state index is 5.23. The number of hydrogen-bond donors (Lipinski definition) is 0. The zero-order valence-corrected chi connectivity index (χ0v) is 15.2. The van der Waals surface area contributed by atoms with Crippen molar-refractivity contribution in [2.75, 3.05) is 12.9 Å². The molecular weight excluding hydrogens is 324 g/mol. The molecule has 0 saturated heterocycles. The van der Waals surface area contributed by atoms with Crippen molar-refractivity contribution in [2.24, 2.45) is 0 Å². The van der Waals surface area contributed by atoms with Gasteiger partial charge in [-0.3, -0.25) is 0 Å². The lowest BCUT2D eigenvalue weighted by atomic mass is 10.00. The molecule has 0 aliphatic carbocycles. The minimum Gasteiger partial charge on any atom is -0.497 e. The molecule has 0 bridgehead atoms. The van der Waals surface area contributed by atoms with Crippen LogP contribution >= 0.6 is 11.8 Å². The van der Waals surface area contributed by atoms with Gasteiger partial charge in [0.05, 0.1) is 7.11 Å². The van der Waals surface area contributed by atoms with Gasteiger partial charge in [-0.1, -0.05) is 72.8 Å². The summed E-state index contributed by atoms with van der Waals surface area (Å²) < 4.78 is 5.23. The van der Waals surface area contributed by atoms with E-state index in [-0.39, 0.29) is 0 Å². The Morgan fingerprint density at radius 1 is 0.840 bits per heavy atom. The molecule has 1 atom stereocenters. The lowest BCUT2D eigenvalue weighted by Crippen LogP contribution is -1.98. The minimum absolute atomic E-state index is 0.369. The van der Waals surface area contributed by atoms with Gasteiger partial charge < -0.3 is 4.74 Å². The molecule has 3 rings (SSSR count). The molecular formula is C23H22OS. The van der Waals surface area contributed by atoms with Crippen LogP contribution in [0.15, 0.2) is 95.9 Å². The molecule has 126 valence electrons. The van der Waals surface area contributed by atoms with Crippen LogP contribution in [0, 0.1) is 0 Å². The van der Waals surface area contributed by atoms with Crippen LogP contribution in [0.5, 0.6) is 5.75 Å². The van der Waals surface area contributed by atoms with E-state index in [9.17, 15) is 0 Å². The van der Waals surface area contributed by atoms with E-state index < -0.39 is 0 Å². The molecule has 25 heavy (non-hydrogen) atoms. The average Bonchev–Trinajstić information content (AvgIpc) is 2.70. The molecule has 0 aromatic heterocycles. The third-order valence-corrected chi connectivity index (χ3v) is 5.17. The summed E-state index contributed by atoms with van der Waals surface area (Å²) in [5.41, 5.74) is 2.58. The fraction of sp³-hybridized carbons (Fsp3) is 0.130. The highest BCUT2D eigenvalue weighted by molar-refractivity contribution is 7.99. The van der Waals surface area contributed by atoms with Gasteiger partial charge in [0, 0.05) is 16.6 Å². The minimum atomic E-state index is 0.369. The zero-order chi connectivity index (χ0) is 17.3. The molecule has 0 amide bonds. The number of ether oxygens (including phenoxy) is 1. The number of benzene rings is 3. The number of thioether (sulfide) groups is 1. The summed E-state index contributed by atoms with van der Waals surface area (Å²) in [5, 5.41) is 0. The van der Waals surface area contributed by atoms with E-state index in [1.165, 1.54) is 16.0 Å². The summed E-state index contributed by atoms with van der Waals surface area (Å²) in [6.45, 7) is 0. The molecule has 0 spiro atoms. The second-order valence-corrected chi connectivity index (χ2v) is 6.87. The first-order chi connectivity index (χ1) is 12.3. The van der Waals surface area contributed by atoms with Crippen molar-refractivity contribution in [2.45, 2.75) is 10.8 Å². The summed E-state index contributed by atoms with van der Waals surface area (Å²) in [4.78, 5) is 1.26. The largest absolute Gasteiger partial charge is 0.497 e. The number of allylic oxidation sites excluding steroid dienone is 1. The van der Waals surface area contributed by atoms with Crippen LogP contribution in [-0.2, 0) is 0 Å². The van der Waals surface area contributed by atoms with E-state index in [0.29, 0.717) is 5.92 Å². The third kappa shape index (κ3) is 5.27. The van der Waals surface area contributed by atoms with Crippen molar-refractivity contribution in [3.8, 4) is 5.75 Å². The smallest absolute Gasteiger partial charge is 0.118 e. The highest BCUT2D eigenvalue weighted by Crippen LogP contribution is 2.29. The highest BCUT2D eigenvalue weighted by atomic mass is 32.2. The van der Waals surface area contributed by atoms with Crippen LogP contribution in [0.3, 0.4) is 0 Å². The lowest BCUT2D eigenvalue weighted by Gasteiger charge is -2.13. The SMILES string of the molecule is COc1ccc(SCC(/C=C/c2ccccc2)c2ccccc2)cc1. The fourth-order valence-electron chi connectivity index (χ4n) is 2.61. The van der Waals surface area contributed by atoms with Crippen molar-refractivity contribution in [1.82, 2.24) is 0 Å². The molecule has 3 aromatic rings. The maximum absolute atomic E-state index is 5.23. The summed E-state index contributed by atoms with van der Waals surface area (Å²) in [5.74, 6) is 2.26. The second kappa shape index (κ2) is 9.14. The number of hydrogen-bond acceptors (Lipinski definition) is 2. The van der Waals surface area contributed by atoms with Gasteiger partial charge in [0.15, 0.2) is 0 Å². The van der Waals surface area contributed by atoms with Crippen molar-refractivity contribution in [3.63, 3.8) is 0 Å². The van der Waals surface area contributed by atoms with Gasteiger partial charge in [0.25, 0.3) is 0 Å². The van der Waals surface area contributed by atoms with Gasteiger partial charge in [-0.25, -0.2) is 0 Å². The molecule has 0 heterocycles. The van der Waals surface area contributed by atoms with Gasteiger partial charge in [0.1, 0.15) is 5.75 Å². The summed E-state index contributed by atoms with van der Waals surface area (Å²) in [6.07, 6.45) is 4.52. The van der Waals surface area contributed by atoms with E-state index >= 15 is 0 Å². The molecule has 1 nitrogen and oxygen atoms in total. The molecule has 0 saturated carbocycles. The van der Waals surface area contributed by atoms with E-state index in [0.717, 1.165) is 11.5 Å². The molecule has 3 aromatic carbocycles. The normalized spacial score (nSPS) is 12.2. The van der Waals surface area contributed by atoms with E-state index in [2.05, 4.69) is 78.9 Å². The molecule has 0 N–H and O–H groups in total. The predicted molar refractivity (Wildman–Crippen MR) is 108 cm³/mol. The zero-order valence-electron chi connectivity index (χ0n) is 14.3. The molecule has 0 fully saturated rings. The third-order valence-electron chi connectivity index (χ3n) is 4.04. The Morgan fingerprint density at radius 3 is 2.12 bits per heavy atom. The molecule has 0 radical (unpaired) electrons. The highest BCUT2D eigenvalue weighted by Gasteiger charge is 2.09. The second-order valence-electron chi connectivity index (χ2n) is 5.77. The van der Waals surface area contributed by atoms with Crippen LogP contribution < -0.4 is 4.74 Å². The fourth-order valence-corrected chi connectivity index (χ4v) is 3.62. The van der Waals surface area contributed by atoms with Crippen molar-refractivity contribution in [1.29, 1.82) is 0 Å². The first kappa shape index (κ1) is 17.4. The number of methoxy groups -OCH3 is 1. The average molecular weight is 346 g/mol. The predicted octanol–water partition coefficient (Wildman–Crippen LogP) is 6.28. The van der Waals surface area contributed by atoms with Gasteiger partial charge in [-0.05, 0) is 35.4 Å². The lowest BCUT2D eigenvalue weighted by molar-refractivity contribution is 0.414. The standard InChI is InChI=1S/C23H22OS/c1-24-22-14-16-23(17-15-22)25-18-21(20-10-6-3-7-11-20)13-12-19-8-4-2-5-9-19/h2-17,21H,18H2,1H3/b13-12+. The van der Waals surface area contributed by atoms with Gasteiger partial charge in [0.2, 0.25) is 0 Å². The van der Waals surface area contributed by atoms with Crippen molar-refractivity contribution >= 4 is 17.8 Å². The van der Waals surface area contributed by atoms with Crippen LogP contribution in [0.1, 0.15) is 17.0 Å². The topological polar surface area (TPSA) is 9.23 Å². The monoisotopic (exact) mass is 346 g/mol. The Bertz CT molecular complexity index is 779. The number of rotatable bonds is 7. The molecule has 1 unspecified atom stereocenters. The van der Waals surface area contributed by atoms with Gasteiger partial charge in [-0.15, -0.1) is 11.8 Å². The van der Waals surface area contributed by atoms with Crippen molar-refractivity contribution in [3.05, 3.63) is 102 Å². The summed E-state index contributed by atoms with van der Waals surface area (Å²) >= 11 is 1.87. The Kier molecular flexibility index (Phi) is 6.35. The quantitative estimate of drug-likeness (QED) is 0.465. The Labute approximate surface area is 154 Å². The van der Waals surface area contributed by atoms with Crippen LogP contribution in [0.2, 0.25) is 0 Å². The van der Waals surface area contributed by atoms with Gasteiger partial charge >= 0.3 is 0 Å². The maximum Gasteiger partial charge on any atom is 0.118 e. The van der Waals surface area contributed by atoms with Crippen LogP contribution in [-0.4, -0.2) is 12.9 Å². The van der Waals surface area contributed by atoms with Gasteiger partial charge in [-0.2, -0.15) is 0 Å². The summed E-state index contributed by atoms with van der Waals surface area (Å²) in [7, 11) is 1.70. The van der Waals surface area contributed by atoms with Crippen LogP contribution in [0.25, 0.3) is 6.08 Å². The molecule has 0 aliphatic rings.